The third kappa shape index (κ3) is 3.25. The van der Waals surface area contributed by atoms with Gasteiger partial charge in [-0.05, 0) is 30.3 Å². The first-order valence-electron chi connectivity index (χ1n) is 7.91. The van der Waals surface area contributed by atoms with Gasteiger partial charge < -0.3 is 0 Å². The Hall–Kier alpha value is -3.53. The van der Waals surface area contributed by atoms with E-state index in [0.29, 0.717) is 0 Å². The zero-order valence-electron chi connectivity index (χ0n) is 13.9. The Kier molecular flexibility index (Phi) is 4.62. The fourth-order valence-corrected chi connectivity index (χ4v) is 3.21. The summed E-state index contributed by atoms with van der Waals surface area (Å²) < 4.78 is 42.7. The molecule has 1 aromatic carbocycles. The van der Waals surface area contributed by atoms with E-state index in [1.54, 1.807) is 0 Å². The molecule has 0 spiro atoms. The summed E-state index contributed by atoms with van der Waals surface area (Å²) in [6.07, 6.45) is 2.68. The molecule has 0 saturated carbocycles. The van der Waals surface area contributed by atoms with Gasteiger partial charge in [0.2, 0.25) is 0 Å². The van der Waals surface area contributed by atoms with E-state index in [2.05, 4.69) is 20.4 Å². The average molecular weight is 401 g/mol. The third-order valence-corrected chi connectivity index (χ3v) is 4.51. The van der Waals surface area contributed by atoms with Crippen LogP contribution in [0.15, 0.2) is 54.2 Å². The molecule has 28 heavy (non-hydrogen) atoms. The summed E-state index contributed by atoms with van der Waals surface area (Å²) in [5, 5.41) is 8.06. The molecule has 0 unspecified atom stereocenters. The lowest BCUT2D eigenvalue weighted by atomic mass is 10.2. The molecule has 0 aliphatic carbocycles. The Balaban J connectivity index is 1.61. The molecule has 3 heterocycles. The number of thiazole rings is 1. The van der Waals surface area contributed by atoms with Gasteiger partial charge in [0, 0.05) is 11.6 Å². The van der Waals surface area contributed by atoms with Crippen molar-refractivity contribution in [2.45, 2.75) is 0 Å². The first kappa shape index (κ1) is 17.9. The Morgan fingerprint density at radius 2 is 1.75 bits per heavy atom. The quantitative estimate of drug-likeness (QED) is 0.560. The third-order valence-electron chi connectivity index (χ3n) is 3.75. The van der Waals surface area contributed by atoms with Gasteiger partial charge in [0.05, 0.1) is 6.20 Å². The van der Waals surface area contributed by atoms with Crippen LogP contribution >= 0.6 is 11.3 Å². The molecule has 3 aromatic heterocycles. The lowest BCUT2D eigenvalue weighted by Gasteiger charge is -2.09. The van der Waals surface area contributed by atoms with Crippen molar-refractivity contribution in [3.63, 3.8) is 0 Å². The zero-order chi connectivity index (χ0) is 19.7. The lowest BCUT2D eigenvalue weighted by molar-refractivity contribution is 0.101. The minimum atomic E-state index is -0.861. The van der Waals surface area contributed by atoms with Gasteiger partial charge in [0.15, 0.2) is 22.6 Å². The highest BCUT2D eigenvalue weighted by molar-refractivity contribution is 7.14. The predicted molar refractivity (Wildman–Crippen MR) is 96.7 cm³/mol. The fraction of sp³-hybridized carbons (Fsp3) is 0. The van der Waals surface area contributed by atoms with Crippen LogP contribution in [0.4, 0.5) is 18.3 Å². The van der Waals surface area contributed by atoms with Gasteiger partial charge in [-0.2, -0.15) is 5.10 Å². The van der Waals surface area contributed by atoms with E-state index in [1.807, 2.05) is 0 Å². The van der Waals surface area contributed by atoms with Crippen molar-refractivity contribution in [1.29, 1.82) is 0 Å². The summed E-state index contributed by atoms with van der Waals surface area (Å²) >= 11 is 1.06. The number of carbonyl (C=O) groups is 1. The molecule has 4 rings (SSSR count). The maximum absolute atomic E-state index is 14.0. The van der Waals surface area contributed by atoms with E-state index in [-0.39, 0.29) is 22.2 Å². The van der Waals surface area contributed by atoms with Crippen molar-refractivity contribution in [1.82, 2.24) is 19.7 Å². The van der Waals surface area contributed by atoms with E-state index in [1.165, 1.54) is 42.0 Å². The SMILES string of the molecule is O=C(Nc1nc(-c2ncccc2F)cs1)c1ccnn1-c1c(F)cccc1F. The highest BCUT2D eigenvalue weighted by Crippen LogP contribution is 2.26. The van der Waals surface area contributed by atoms with E-state index in [9.17, 15) is 18.0 Å². The van der Waals surface area contributed by atoms with Crippen molar-refractivity contribution in [3.8, 4) is 17.1 Å². The second kappa shape index (κ2) is 7.24. The number of nitrogens with one attached hydrogen (secondary N) is 1. The number of benzene rings is 1. The molecule has 0 radical (unpaired) electrons. The molecule has 1 amide bonds. The number of hydrogen-bond acceptors (Lipinski definition) is 5. The van der Waals surface area contributed by atoms with Crippen molar-refractivity contribution in [3.05, 3.63) is 77.3 Å². The summed E-state index contributed by atoms with van der Waals surface area (Å²) in [4.78, 5) is 20.6. The number of carbonyl (C=O) groups excluding carboxylic acids is 1. The Morgan fingerprint density at radius 1 is 1.00 bits per heavy atom. The van der Waals surface area contributed by atoms with E-state index in [4.69, 9.17) is 0 Å². The molecule has 0 fully saturated rings. The van der Waals surface area contributed by atoms with Crippen LogP contribution in [0.3, 0.4) is 0 Å². The van der Waals surface area contributed by atoms with Crippen LogP contribution in [0, 0.1) is 17.5 Å². The smallest absolute Gasteiger partial charge is 0.276 e. The van der Waals surface area contributed by atoms with Crippen molar-refractivity contribution in [2.75, 3.05) is 5.32 Å². The van der Waals surface area contributed by atoms with Gasteiger partial charge in [-0.1, -0.05) is 6.07 Å². The van der Waals surface area contributed by atoms with Gasteiger partial charge in [-0.25, -0.2) is 22.8 Å². The minimum absolute atomic E-state index is 0.0534. The molecule has 0 atom stereocenters. The molecule has 6 nitrogen and oxygen atoms in total. The van der Waals surface area contributed by atoms with E-state index in [0.717, 1.165) is 28.2 Å². The summed E-state index contributed by atoms with van der Waals surface area (Å²) in [5.41, 5.74) is -0.248. The number of rotatable bonds is 4. The molecular formula is C18H10F3N5OS. The van der Waals surface area contributed by atoms with Gasteiger partial charge in [0.25, 0.3) is 5.91 Å². The Bertz CT molecular complexity index is 1150. The van der Waals surface area contributed by atoms with Crippen LogP contribution in [0.5, 0.6) is 0 Å². The monoisotopic (exact) mass is 401 g/mol. The summed E-state index contributed by atoms with van der Waals surface area (Å²) in [6.45, 7) is 0. The topological polar surface area (TPSA) is 72.7 Å². The van der Waals surface area contributed by atoms with Crippen molar-refractivity contribution in [2.24, 2.45) is 0 Å². The highest BCUT2D eigenvalue weighted by atomic mass is 32.1. The molecule has 140 valence electrons. The van der Waals surface area contributed by atoms with Crippen molar-refractivity contribution < 1.29 is 18.0 Å². The molecule has 0 aliphatic rings. The summed E-state index contributed by atoms with van der Waals surface area (Å²) in [5.74, 6) is -2.94. The standard InChI is InChI=1S/C18H10F3N5OS/c19-10-5-2-7-22-15(10)13-9-28-18(24-13)25-17(27)14-6-8-23-26(14)16-11(20)3-1-4-12(16)21/h1-9H,(H,24,25,27). The first-order chi connectivity index (χ1) is 13.5. The number of halogens is 3. The van der Waals surface area contributed by atoms with Gasteiger partial charge in [-0.3, -0.25) is 15.1 Å². The second-order valence-electron chi connectivity index (χ2n) is 5.52. The van der Waals surface area contributed by atoms with Crippen LogP contribution in [-0.4, -0.2) is 25.7 Å². The van der Waals surface area contributed by atoms with Gasteiger partial charge in [-0.15, -0.1) is 11.3 Å². The average Bonchev–Trinajstić information content (AvgIpc) is 3.32. The number of aromatic nitrogens is 4. The maximum Gasteiger partial charge on any atom is 0.276 e. The van der Waals surface area contributed by atoms with Crippen LogP contribution in [0.2, 0.25) is 0 Å². The Morgan fingerprint density at radius 3 is 2.50 bits per heavy atom. The fourth-order valence-electron chi connectivity index (χ4n) is 2.52. The van der Waals surface area contributed by atoms with Crippen LogP contribution in [0.1, 0.15) is 10.5 Å². The molecule has 10 heteroatoms. The number of hydrogen-bond donors (Lipinski definition) is 1. The number of pyridine rings is 1. The van der Waals surface area contributed by atoms with E-state index < -0.39 is 29.0 Å². The minimum Gasteiger partial charge on any atom is -0.296 e. The maximum atomic E-state index is 14.0. The zero-order valence-corrected chi connectivity index (χ0v) is 14.8. The van der Waals surface area contributed by atoms with Crippen molar-refractivity contribution >= 4 is 22.4 Å². The first-order valence-corrected chi connectivity index (χ1v) is 8.79. The summed E-state index contributed by atoms with van der Waals surface area (Å²) in [7, 11) is 0. The molecule has 0 aliphatic heterocycles. The second-order valence-corrected chi connectivity index (χ2v) is 6.38. The molecular weight excluding hydrogens is 391 g/mol. The number of nitrogens with zero attached hydrogens (tertiary/aromatic N) is 4. The van der Waals surface area contributed by atoms with E-state index >= 15 is 0 Å². The lowest BCUT2D eigenvalue weighted by Crippen LogP contribution is -2.18. The van der Waals surface area contributed by atoms with Gasteiger partial charge >= 0.3 is 0 Å². The summed E-state index contributed by atoms with van der Waals surface area (Å²) in [6, 6.07) is 7.37. The largest absolute Gasteiger partial charge is 0.296 e. The van der Waals surface area contributed by atoms with Crippen LogP contribution in [-0.2, 0) is 0 Å². The highest BCUT2D eigenvalue weighted by Gasteiger charge is 2.20. The van der Waals surface area contributed by atoms with Gasteiger partial charge in [0.1, 0.15) is 22.8 Å². The molecule has 1 N–H and O–H groups in total. The van der Waals surface area contributed by atoms with Crippen LogP contribution < -0.4 is 5.32 Å². The number of para-hydroxylation sites is 1. The number of amides is 1. The normalized spacial score (nSPS) is 10.8. The predicted octanol–water partition coefficient (Wildman–Crippen LogP) is 4.06. The van der Waals surface area contributed by atoms with Crippen LogP contribution in [0.25, 0.3) is 17.1 Å². The molecule has 4 aromatic rings. The number of anilines is 1. The molecule has 0 bridgehead atoms. The molecule has 0 saturated heterocycles. The Labute approximate surface area is 160 Å².